The maximum atomic E-state index is 13.8. The van der Waals surface area contributed by atoms with E-state index in [0.29, 0.717) is 4.90 Å². The number of rotatable bonds is 5. The van der Waals surface area contributed by atoms with E-state index in [1.807, 2.05) is 0 Å². The Bertz CT molecular complexity index is 954. The van der Waals surface area contributed by atoms with Gasteiger partial charge >= 0.3 is 0 Å². The molecule has 3 aliphatic rings. The zero-order chi connectivity index (χ0) is 18.8. The summed E-state index contributed by atoms with van der Waals surface area (Å²) >= 11 is 0. The zero-order valence-corrected chi connectivity index (χ0v) is 16.3. The number of aliphatic hydroxyl groups is 1. The van der Waals surface area contributed by atoms with E-state index in [2.05, 4.69) is 16.9 Å². The molecule has 1 saturated carbocycles. The molecule has 1 N–H and O–H groups in total. The minimum absolute atomic E-state index is 0.197. The van der Waals surface area contributed by atoms with Gasteiger partial charge in [-0.05, 0) is 63.5 Å². The van der Waals surface area contributed by atoms with Gasteiger partial charge in [0.05, 0.1) is 0 Å². The van der Waals surface area contributed by atoms with Gasteiger partial charge in [-0.2, -0.15) is 0 Å². The summed E-state index contributed by atoms with van der Waals surface area (Å²) in [4.78, 5) is 4.52. The second-order valence-electron chi connectivity index (χ2n) is 8.59. The van der Waals surface area contributed by atoms with Crippen molar-refractivity contribution in [2.24, 2.45) is 5.92 Å². The number of hydrogen-bond donors (Lipinski definition) is 1. The molecule has 0 aromatic carbocycles. The summed E-state index contributed by atoms with van der Waals surface area (Å²) in [6.45, 7) is 2.25. The summed E-state index contributed by atoms with van der Waals surface area (Å²) in [6.07, 6.45) is 10.6. The second-order valence-corrected chi connectivity index (χ2v) is 10.4. The van der Waals surface area contributed by atoms with Gasteiger partial charge in [0.15, 0.2) is 0 Å². The van der Waals surface area contributed by atoms with Gasteiger partial charge in [0.2, 0.25) is 0 Å². The number of imidazole rings is 1. The van der Waals surface area contributed by atoms with Crippen LogP contribution >= 0.6 is 0 Å². The van der Waals surface area contributed by atoms with Crippen LogP contribution in [0.1, 0.15) is 45.4 Å². The molecule has 5 rings (SSSR count). The normalized spacial score (nSPS) is 30.3. The molecule has 8 heteroatoms. The standard InChI is InChI=1S/C19H26N4O3S/c1-19(6-7-19)23(22-15-2-3-16(22)11-14(10-15)13-24)27(25,26)17-4-5-18-20-8-9-21(18)12-17/h4-5,8-9,12,14-16,24H,2-3,6-7,10-11,13H2,1H3. The Morgan fingerprint density at radius 1 is 1.26 bits per heavy atom. The van der Waals surface area contributed by atoms with Gasteiger partial charge in [-0.15, -0.1) is 4.41 Å². The van der Waals surface area contributed by atoms with E-state index < -0.39 is 10.0 Å². The van der Waals surface area contributed by atoms with Crippen LogP contribution in [0.25, 0.3) is 5.65 Å². The molecule has 0 radical (unpaired) electrons. The summed E-state index contributed by atoms with van der Waals surface area (Å²) < 4.78 is 31.0. The van der Waals surface area contributed by atoms with Crippen LogP contribution < -0.4 is 0 Å². The number of aromatic nitrogens is 2. The average Bonchev–Trinajstić information content (AvgIpc) is 3.11. The van der Waals surface area contributed by atoms with Crippen molar-refractivity contribution in [2.45, 2.75) is 68.0 Å². The van der Waals surface area contributed by atoms with Crippen molar-refractivity contribution < 1.29 is 13.5 Å². The van der Waals surface area contributed by atoms with Gasteiger partial charge in [-0.1, -0.05) is 0 Å². The number of hydrogen-bond acceptors (Lipinski definition) is 5. The van der Waals surface area contributed by atoms with Gasteiger partial charge in [0, 0.05) is 42.8 Å². The van der Waals surface area contributed by atoms with Crippen LogP contribution in [-0.4, -0.2) is 56.6 Å². The molecule has 2 aromatic rings. The van der Waals surface area contributed by atoms with E-state index in [9.17, 15) is 13.5 Å². The van der Waals surface area contributed by atoms with Crippen LogP contribution in [0, 0.1) is 5.92 Å². The van der Waals surface area contributed by atoms with E-state index in [-0.39, 0.29) is 30.1 Å². The number of fused-ring (bicyclic) bond motifs is 3. The maximum Gasteiger partial charge on any atom is 0.257 e. The SMILES string of the molecule is CC1(N(N2C3CCC2CC(CO)C3)S(=O)(=O)c2ccc3nccn3c2)CC1. The highest BCUT2D eigenvalue weighted by Gasteiger charge is 2.57. The molecule has 2 bridgehead atoms. The zero-order valence-electron chi connectivity index (χ0n) is 15.5. The van der Waals surface area contributed by atoms with Crippen molar-refractivity contribution in [3.05, 3.63) is 30.7 Å². The molecule has 27 heavy (non-hydrogen) atoms. The Kier molecular flexibility index (Phi) is 3.92. The number of nitrogens with zero attached hydrogens (tertiary/aromatic N) is 4. The predicted octanol–water partition coefficient (Wildman–Crippen LogP) is 2.03. The third-order valence-electron chi connectivity index (χ3n) is 6.58. The smallest absolute Gasteiger partial charge is 0.257 e. The second kappa shape index (κ2) is 6.01. The molecule has 2 aromatic heterocycles. The van der Waals surface area contributed by atoms with E-state index in [0.717, 1.165) is 44.2 Å². The van der Waals surface area contributed by atoms with E-state index in [1.165, 1.54) is 0 Å². The molecular formula is C19H26N4O3S. The molecule has 2 aliphatic heterocycles. The first-order chi connectivity index (χ1) is 12.9. The largest absolute Gasteiger partial charge is 0.396 e. The van der Waals surface area contributed by atoms with Gasteiger partial charge < -0.3 is 9.51 Å². The first-order valence-corrected chi connectivity index (χ1v) is 11.2. The average molecular weight is 391 g/mol. The highest BCUT2D eigenvalue weighted by molar-refractivity contribution is 7.89. The molecule has 4 heterocycles. The fraction of sp³-hybridized carbons (Fsp3) is 0.632. The summed E-state index contributed by atoms with van der Waals surface area (Å²) in [5.41, 5.74) is 0.400. The fourth-order valence-corrected chi connectivity index (χ4v) is 6.89. The van der Waals surface area contributed by atoms with Crippen molar-refractivity contribution >= 4 is 15.7 Å². The molecule has 1 aliphatic carbocycles. The third kappa shape index (κ3) is 2.73. The maximum absolute atomic E-state index is 13.8. The lowest BCUT2D eigenvalue weighted by Gasteiger charge is -2.46. The quantitative estimate of drug-likeness (QED) is 0.845. The lowest BCUT2D eigenvalue weighted by molar-refractivity contribution is -0.0678. The molecule has 2 unspecified atom stereocenters. The van der Waals surface area contributed by atoms with Gasteiger partial charge in [0.25, 0.3) is 10.0 Å². The number of piperidine rings is 1. The fourth-order valence-electron chi connectivity index (χ4n) is 4.93. The Morgan fingerprint density at radius 2 is 1.96 bits per heavy atom. The van der Waals surface area contributed by atoms with Crippen LogP contribution in [0.4, 0.5) is 0 Å². The Balaban J connectivity index is 1.56. The lowest BCUT2D eigenvalue weighted by Crippen LogP contribution is -2.59. The molecule has 2 atom stereocenters. The summed E-state index contributed by atoms with van der Waals surface area (Å²) in [6, 6.07) is 3.82. The molecule has 7 nitrogen and oxygen atoms in total. The minimum Gasteiger partial charge on any atom is -0.396 e. The van der Waals surface area contributed by atoms with Crippen LogP contribution in [0.15, 0.2) is 35.6 Å². The Hall–Kier alpha value is -1.48. The van der Waals surface area contributed by atoms with Crippen molar-refractivity contribution in [1.82, 2.24) is 18.8 Å². The molecule has 0 spiro atoms. The minimum atomic E-state index is -3.67. The summed E-state index contributed by atoms with van der Waals surface area (Å²) in [5, 5.41) is 11.8. The van der Waals surface area contributed by atoms with Crippen molar-refractivity contribution in [2.75, 3.05) is 6.61 Å². The first kappa shape index (κ1) is 17.6. The van der Waals surface area contributed by atoms with E-state index in [4.69, 9.17) is 0 Å². The van der Waals surface area contributed by atoms with E-state index >= 15 is 0 Å². The first-order valence-electron chi connectivity index (χ1n) is 9.80. The molecule has 2 saturated heterocycles. The number of pyridine rings is 1. The van der Waals surface area contributed by atoms with Gasteiger partial charge in [-0.3, -0.25) is 0 Å². The highest BCUT2D eigenvalue weighted by Crippen LogP contribution is 2.50. The summed E-state index contributed by atoms with van der Waals surface area (Å²) in [5.74, 6) is 0.289. The molecular weight excluding hydrogens is 364 g/mol. The molecule has 146 valence electrons. The topological polar surface area (TPSA) is 78.2 Å². The van der Waals surface area contributed by atoms with Crippen molar-refractivity contribution in [3.63, 3.8) is 0 Å². The van der Waals surface area contributed by atoms with Crippen LogP contribution in [0.5, 0.6) is 0 Å². The van der Waals surface area contributed by atoms with Crippen LogP contribution in [0.2, 0.25) is 0 Å². The number of hydrazine groups is 1. The Morgan fingerprint density at radius 3 is 2.59 bits per heavy atom. The highest BCUT2D eigenvalue weighted by atomic mass is 32.2. The van der Waals surface area contributed by atoms with Gasteiger partial charge in [0.1, 0.15) is 10.5 Å². The summed E-state index contributed by atoms with van der Waals surface area (Å²) in [7, 11) is -3.67. The van der Waals surface area contributed by atoms with Crippen LogP contribution in [-0.2, 0) is 10.0 Å². The van der Waals surface area contributed by atoms with Crippen LogP contribution in [0.3, 0.4) is 0 Å². The third-order valence-corrected chi connectivity index (χ3v) is 8.50. The number of sulfonamides is 1. The van der Waals surface area contributed by atoms with Crippen molar-refractivity contribution in [3.8, 4) is 0 Å². The van der Waals surface area contributed by atoms with Gasteiger partial charge in [-0.25, -0.2) is 18.4 Å². The number of aliphatic hydroxyl groups excluding tert-OH is 1. The lowest BCUT2D eigenvalue weighted by atomic mass is 9.92. The predicted molar refractivity (Wildman–Crippen MR) is 100 cm³/mol. The molecule has 0 amide bonds. The Labute approximate surface area is 159 Å². The molecule has 3 fully saturated rings. The van der Waals surface area contributed by atoms with E-state index in [1.54, 1.807) is 39.5 Å². The van der Waals surface area contributed by atoms with Crippen molar-refractivity contribution in [1.29, 1.82) is 0 Å². The monoisotopic (exact) mass is 390 g/mol.